The van der Waals surface area contributed by atoms with E-state index in [1.54, 1.807) is 0 Å². The Hall–Kier alpha value is -1.76. The molecule has 4 heteroatoms. The SMILES string of the molecule is CCCC#CCC(CC)OC(=O)/C=C/C(=O)OCCCC(C)C. The summed E-state index contributed by atoms with van der Waals surface area (Å²) < 4.78 is 10.3. The van der Waals surface area contributed by atoms with E-state index in [0.717, 1.165) is 37.8 Å². The Morgan fingerprint density at radius 3 is 2.39 bits per heavy atom. The van der Waals surface area contributed by atoms with Gasteiger partial charge in [-0.05, 0) is 31.6 Å². The summed E-state index contributed by atoms with van der Waals surface area (Å²) in [6.45, 7) is 8.62. The minimum absolute atomic E-state index is 0.237. The lowest BCUT2D eigenvalue weighted by molar-refractivity contribution is -0.144. The molecule has 1 atom stereocenters. The number of hydrogen-bond donors (Lipinski definition) is 0. The number of unbranched alkanes of at least 4 members (excludes halogenated alkanes) is 1. The van der Waals surface area contributed by atoms with Crippen molar-refractivity contribution in [1.29, 1.82) is 0 Å². The Labute approximate surface area is 140 Å². The van der Waals surface area contributed by atoms with E-state index < -0.39 is 11.9 Å². The van der Waals surface area contributed by atoms with Crippen LogP contribution in [0.4, 0.5) is 0 Å². The van der Waals surface area contributed by atoms with Crippen molar-refractivity contribution < 1.29 is 19.1 Å². The molecule has 0 heterocycles. The van der Waals surface area contributed by atoms with E-state index >= 15 is 0 Å². The van der Waals surface area contributed by atoms with Gasteiger partial charge in [0.1, 0.15) is 6.10 Å². The zero-order valence-corrected chi connectivity index (χ0v) is 14.9. The lowest BCUT2D eigenvalue weighted by Gasteiger charge is -2.11. The van der Waals surface area contributed by atoms with Gasteiger partial charge in [0.2, 0.25) is 0 Å². The van der Waals surface area contributed by atoms with Crippen molar-refractivity contribution in [3.8, 4) is 11.8 Å². The summed E-state index contributed by atoms with van der Waals surface area (Å²) in [5.41, 5.74) is 0. The fraction of sp³-hybridized carbons (Fsp3) is 0.684. The molecule has 0 N–H and O–H groups in total. The molecule has 0 aliphatic heterocycles. The molecule has 0 spiro atoms. The van der Waals surface area contributed by atoms with Gasteiger partial charge in [-0.2, -0.15) is 0 Å². The van der Waals surface area contributed by atoms with Crippen molar-refractivity contribution in [3.05, 3.63) is 12.2 Å². The van der Waals surface area contributed by atoms with Crippen LogP contribution in [0.15, 0.2) is 12.2 Å². The third kappa shape index (κ3) is 13.6. The topological polar surface area (TPSA) is 52.6 Å². The van der Waals surface area contributed by atoms with Crippen molar-refractivity contribution in [2.45, 2.75) is 72.3 Å². The van der Waals surface area contributed by atoms with Crippen molar-refractivity contribution in [2.75, 3.05) is 6.61 Å². The van der Waals surface area contributed by atoms with Crippen LogP contribution in [-0.2, 0) is 19.1 Å². The first-order valence-corrected chi connectivity index (χ1v) is 8.50. The highest BCUT2D eigenvalue weighted by Gasteiger charge is 2.09. The van der Waals surface area contributed by atoms with Gasteiger partial charge in [0, 0.05) is 25.0 Å². The van der Waals surface area contributed by atoms with Crippen LogP contribution in [0.2, 0.25) is 0 Å². The molecule has 0 bridgehead atoms. The van der Waals surface area contributed by atoms with Gasteiger partial charge in [0.15, 0.2) is 0 Å². The zero-order chi connectivity index (χ0) is 17.5. The fourth-order valence-electron chi connectivity index (χ4n) is 1.72. The molecule has 0 aromatic carbocycles. The van der Waals surface area contributed by atoms with E-state index in [9.17, 15) is 9.59 Å². The van der Waals surface area contributed by atoms with Gasteiger partial charge in [-0.15, -0.1) is 5.92 Å². The highest BCUT2D eigenvalue weighted by Crippen LogP contribution is 2.05. The van der Waals surface area contributed by atoms with Crippen LogP contribution in [0.5, 0.6) is 0 Å². The highest BCUT2D eigenvalue weighted by atomic mass is 16.5. The van der Waals surface area contributed by atoms with Gasteiger partial charge in [0.25, 0.3) is 0 Å². The first-order chi connectivity index (χ1) is 11.0. The third-order valence-corrected chi connectivity index (χ3v) is 3.09. The molecule has 0 rings (SSSR count). The Morgan fingerprint density at radius 1 is 1.09 bits per heavy atom. The molecule has 0 aliphatic carbocycles. The summed E-state index contributed by atoms with van der Waals surface area (Å²) in [6.07, 6.45) is 6.93. The number of hydrogen-bond acceptors (Lipinski definition) is 4. The van der Waals surface area contributed by atoms with Gasteiger partial charge in [0.05, 0.1) is 6.61 Å². The van der Waals surface area contributed by atoms with Crippen LogP contribution < -0.4 is 0 Å². The molecule has 0 aromatic rings. The average Bonchev–Trinajstić information content (AvgIpc) is 2.52. The van der Waals surface area contributed by atoms with Gasteiger partial charge in [-0.1, -0.05) is 33.6 Å². The Kier molecular flexibility index (Phi) is 12.8. The molecule has 130 valence electrons. The number of esters is 2. The fourth-order valence-corrected chi connectivity index (χ4v) is 1.72. The molecule has 0 fully saturated rings. The second-order valence-electron chi connectivity index (χ2n) is 5.81. The van der Waals surface area contributed by atoms with Crippen molar-refractivity contribution in [3.63, 3.8) is 0 Å². The van der Waals surface area contributed by atoms with E-state index in [4.69, 9.17) is 9.47 Å². The molecule has 0 saturated heterocycles. The van der Waals surface area contributed by atoms with E-state index in [0.29, 0.717) is 25.4 Å². The van der Waals surface area contributed by atoms with E-state index in [-0.39, 0.29) is 6.10 Å². The Balaban J connectivity index is 4.05. The lowest BCUT2D eigenvalue weighted by Crippen LogP contribution is -2.15. The smallest absolute Gasteiger partial charge is 0.331 e. The standard InChI is InChI=1S/C19H30O4/c1-5-7-8-9-12-17(6-2)23-19(21)14-13-18(20)22-15-10-11-16(3)4/h13-14,16-17H,5-7,10-12,15H2,1-4H3/b14-13+. The van der Waals surface area contributed by atoms with Crippen LogP contribution >= 0.6 is 0 Å². The van der Waals surface area contributed by atoms with Crippen molar-refractivity contribution in [2.24, 2.45) is 5.92 Å². The Bertz CT molecular complexity index is 426. The number of ether oxygens (including phenoxy) is 2. The summed E-state index contributed by atoms with van der Waals surface area (Å²) in [5.74, 6) is 5.58. The van der Waals surface area contributed by atoms with Crippen molar-refractivity contribution in [1.82, 2.24) is 0 Å². The highest BCUT2D eigenvalue weighted by molar-refractivity contribution is 5.91. The second kappa shape index (κ2) is 13.9. The maximum Gasteiger partial charge on any atom is 0.331 e. The van der Waals surface area contributed by atoms with Crippen LogP contribution in [-0.4, -0.2) is 24.6 Å². The molecule has 23 heavy (non-hydrogen) atoms. The normalized spacial score (nSPS) is 11.9. The number of rotatable bonds is 10. The lowest BCUT2D eigenvalue weighted by atomic mass is 10.1. The molecule has 0 aliphatic rings. The summed E-state index contributed by atoms with van der Waals surface area (Å²) >= 11 is 0. The molecule has 0 saturated carbocycles. The predicted molar refractivity (Wildman–Crippen MR) is 91.6 cm³/mol. The predicted octanol–water partition coefficient (Wildman–Crippen LogP) is 4.04. The minimum atomic E-state index is -0.534. The third-order valence-electron chi connectivity index (χ3n) is 3.09. The van der Waals surface area contributed by atoms with Crippen LogP contribution in [0, 0.1) is 17.8 Å². The summed E-state index contributed by atoms with van der Waals surface area (Å²) in [7, 11) is 0. The first-order valence-electron chi connectivity index (χ1n) is 8.50. The maximum absolute atomic E-state index is 11.7. The van der Waals surface area contributed by atoms with E-state index in [1.165, 1.54) is 0 Å². The number of carbonyl (C=O) groups is 2. The van der Waals surface area contributed by atoms with Gasteiger partial charge in [-0.25, -0.2) is 9.59 Å². The maximum atomic E-state index is 11.7. The molecule has 0 aromatic heterocycles. The zero-order valence-electron chi connectivity index (χ0n) is 14.9. The summed E-state index contributed by atoms with van der Waals surface area (Å²) in [4.78, 5) is 23.1. The molecule has 1 unspecified atom stereocenters. The molecule has 0 radical (unpaired) electrons. The van der Waals surface area contributed by atoms with Gasteiger partial charge >= 0.3 is 11.9 Å². The quantitative estimate of drug-likeness (QED) is 0.264. The second-order valence-corrected chi connectivity index (χ2v) is 5.81. The number of carbonyl (C=O) groups excluding carboxylic acids is 2. The molecule has 4 nitrogen and oxygen atoms in total. The van der Waals surface area contributed by atoms with E-state index in [2.05, 4.69) is 32.6 Å². The first kappa shape index (κ1) is 21.2. The molecule has 0 amide bonds. The van der Waals surface area contributed by atoms with Gasteiger partial charge < -0.3 is 9.47 Å². The molecular formula is C19H30O4. The Morgan fingerprint density at radius 2 is 1.78 bits per heavy atom. The minimum Gasteiger partial charge on any atom is -0.463 e. The van der Waals surface area contributed by atoms with Crippen LogP contribution in [0.3, 0.4) is 0 Å². The largest absolute Gasteiger partial charge is 0.463 e. The van der Waals surface area contributed by atoms with Crippen molar-refractivity contribution >= 4 is 11.9 Å². The van der Waals surface area contributed by atoms with E-state index in [1.807, 2.05) is 6.92 Å². The summed E-state index contributed by atoms with van der Waals surface area (Å²) in [6, 6.07) is 0. The average molecular weight is 322 g/mol. The van der Waals surface area contributed by atoms with Crippen LogP contribution in [0.1, 0.15) is 66.2 Å². The van der Waals surface area contributed by atoms with Crippen LogP contribution in [0.25, 0.3) is 0 Å². The van der Waals surface area contributed by atoms with Gasteiger partial charge in [-0.3, -0.25) is 0 Å². The summed E-state index contributed by atoms with van der Waals surface area (Å²) in [5, 5.41) is 0. The molecular weight excluding hydrogens is 292 g/mol. The monoisotopic (exact) mass is 322 g/mol.